The molecule has 0 heterocycles. The number of nitrogens with one attached hydrogen (secondary N) is 3. The molecule has 2 rings (SSSR count). The summed E-state index contributed by atoms with van der Waals surface area (Å²) in [6.45, 7) is 0.434. The highest BCUT2D eigenvalue weighted by Crippen LogP contribution is 2.09. The molecule has 0 saturated carbocycles. The second kappa shape index (κ2) is 10.7. The maximum Gasteiger partial charge on any atom is 0.251 e. The van der Waals surface area contributed by atoms with Gasteiger partial charge in [0.25, 0.3) is 5.91 Å². The molecule has 0 fully saturated rings. The minimum atomic E-state index is -0.569. The van der Waals surface area contributed by atoms with Gasteiger partial charge in [0.2, 0.25) is 5.91 Å². The van der Waals surface area contributed by atoms with E-state index >= 15 is 0 Å². The first-order valence-corrected chi connectivity index (χ1v) is 7.86. The van der Waals surface area contributed by atoms with Crippen molar-refractivity contribution in [1.29, 1.82) is 0 Å². The standard InChI is InChI=1S/C17H23N5O2.HI/c1-19-17(22-14-4-2-3-5-14)21-10-12-6-8-13(9-7-12)16(24)20-11-15(18)23;/h2-3,6-9,14H,4-5,10-11H2,1H3,(H2,18,23)(H,20,24)(H2,19,21,22);1H. The summed E-state index contributed by atoms with van der Waals surface area (Å²) in [5, 5.41) is 9.07. The van der Waals surface area contributed by atoms with Crippen LogP contribution in [0.4, 0.5) is 0 Å². The largest absolute Gasteiger partial charge is 0.368 e. The summed E-state index contributed by atoms with van der Waals surface area (Å²) in [4.78, 5) is 26.7. The van der Waals surface area contributed by atoms with E-state index in [1.54, 1.807) is 19.2 Å². The molecule has 1 aromatic rings. The maximum absolute atomic E-state index is 11.8. The van der Waals surface area contributed by atoms with Crippen LogP contribution >= 0.6 is 24.0 Å². The molecular weight excluding hydrogens is 433 g/mol. The molecular formula is C17H24IN5O2. The van der Waals surface area contributed by atoms with Crippen molar-refractivity contribution in [2.75, 3.05) is 13.6 Å². The van der Waals surface area contributed by atoms with Crippen LogP contribution in [0.15, 0.2) is 41.4 Å². The summed E-state index contributed by atoms with van der Waals surface area (Å²) < 4.78 is 0. The van der Waals surface area contributed by atoms with Crippen LogP contribution in [0.25, 0.3) is 0 Å². The Morgan fingerprint density at radius 3 is 2.36 bits per heavy atom. The van der Waals surface area contributed by atoms with Crippen LogP contribution in [-0.4, -0.2) is 37.4 Å². The van der Waals surface area contributed by atoms with E-state index in [4.69, 9.17) is 5.73 Å². The lowest BCUT2D eigenvalue weighted by molar-refractivity contribution is -0.117. The summed E-state index contributed by atoms with van der Waals surface area (Å²) in [5.74, 6) is -0.132. The maximum atomic E-state index is 11.8. The number of aliphatic imine (C=N–C) groups is 1. The molecule has 5 N–H and O–H groups in total. The van der Waals surface area contributed by atoms with Gasteiger partial charge in [-0.25, -0.2) is 0 Å². The normalized spacial score (nSPS) is 13.9. The molecule has 0 unspecified atom stereocenters. The SMILES string of the molecule is CN=C(NCc1ccc(C(=O)NCC(N)=O)cc1)NC1CC=CC1.I. The Bertz CT molecular complexity index is 635. The van der Waals surface area contributed by atoms with Crippen LogP contribution in [0.3, 0.4) is 0 Å². The van der Waals surface area contributed by atoms with Crippen molar-refractivity contribution >= 4 is 41.8 Å². The first-order valence-electron chi connectivity index (χ1n) is 7.86. The number of carbonyl (C=O) groups excluding carboxylic acids is 2. The molecule has 0 bridgehead atoms. The number of nitrogens with zero attached hydrogens (tertiary/aromatic N) is 1. The second-order valence-electron chi connectivity index (χ2n) is 5.56. The summed E-state index contributed by atoms with van der Waals surface area (Å²) >= 11 is 0. The number of halogens is 1. The van der Waals surface area contributed by atoms with Gasteiger partial charge in [-0.1, -0.05) is 24.3 Å². The summed E-state index contributed by atoms with van der Waals surface area (Å²) in [6.07, 6.45) is 6.34. The molecule has 0 spiro atoms. The molecule has 0 aromatic heterocycles. The smallest absolute Gasteiger partial charge is 0.251 e. The minimum Gasteiger partial charge on any atom is -0.368 e. The van der Waals surface area contributed by atoms with Crippen LogP contribution < -0.4 is 21.7 Å². The second-order valence-corrected chi connectivity index (χ2v) is 5.56. The highest BCUT2D eigenvalue weighted by atomic mass is 127. The number of primary amides is 1. The Morgan fingerprint density at radius 2 is 1.80 bits per heavy atom. The number of nitrogens with two attached hydrogens (primary N) is 1. The predicted molar refractivity (Wildman–Crippen MR) is 109 cm³/mol. The third-order valence-electron chi connectivity index (χ3n) is 3.67. The first kappa shape index (κ1) is 20.9. The lowest BCUT2D eigenvalue weighted by atomic mass is 10.1. The van der Waals surface area contributed by atoms with Gasteiger partial charge in [-0.15, -0.1) is 24.0 Å². The van der Waals surface area contributed by atoms with E-state index in [-0.39, 0.29) is 36.4 Å². The lowest BCUT2D eigenvalue weighted by Crippen LogP contribution is -2.42. The van der Waals surface area contributed by atoms with Gasteiger partial charge in [-0.2, -0.15) is 0 Å². The molecule has 1 aliphatic carbocycles. The van der Waals surface area contributed by atoms with E-state index in [0.717, 1.165) is 24.4 Å². The van der Waals surface area contributed by atoms with Crippen LogP contribution in [-0.2, 0) is 11.3 Å². The topological polar surface area (TPSA) is 109 Å². The average molecular weight is 457 g/mol. The zero-order chi connectivity index (χ0) is 17.4. The van der Waals surface area contributed by atoms with Crippen molar-refractivity contribution < 1.29 is 9.59 Å². The van der Waals surface area contributed by atoms with Gasteiger partial charge in [0.05, 0.1) is 6.54 Å². The van der Waals surface area contributed by atoms with Crippen molar-refractivity contribution in [2.24, 2.45) is 10.7 Å². The third-order valence-corrected chi connectivity index (χ3v) is 3.67. The van der Waals surface area contributed by atoms with Crippen LogP contribution in [0, 0.1) is 0 Å². The number of hydrogen-bond acceptors (Lipinski definition) is 3. The average Bonchev–Trinajstić information content (AvgIpc) is 3.10. The van der Waals surface area contributed by atoms with Gasteiger partial charge >= 0.3 is 0 Å². The van der Waals surface area contributed by atoms with Gasteiger partial charge in [0.1, 0.15) is 0 Å². The van der Waals surface area contributed by atoms with E-state index in [2.05, 4.69) is 33.1 Å². The molecule has 0 aliphatic heterocycles. The molecule has 8 heteroatoms. The number of guanidine groups is 1. The number of benzene rings is 1. The van der Waals surface area contributed by atoms with Crippen LogP contribution in [0.5, 0.6) is 0 Å². The zero-order valence-corrected chi connectivity index (χ0v) is 16.4. The number of carbonyl (C=O) groups is 2. The monoisotopic (exact) mass is 457 g/mol. The van der Waals surface area contributed by atoms with Crippen LogP contribution in [0.2, 0.25) is 0 Å². The Kier molecular flexibility index (Phi) is 8.96. The van der Waals surface area contributed by atoms with E-state index in [9.17, 15) is 9.59 Å². The number of amides is 2. The summed E-state index contributed by atoms with van der Waals surface area (Å²) in [5.41, 5.74) is 6.51. The highest BCUT2D eigenvalue weighted by Gasteiger charge is 2.11. The van der Waals surface area contributed by atoms with Gasteiger partial charge in [0.15, 0.2) is 5.96 Å². The van der Waals surface area contributed by atoms with E-state index in [1.807, 2.05) is 12.1 Å². The van der Waals surface area contributed by atoms with Gasteiger partial charge in [-0.3, -0.25) is 14.6 Å². The summed E-state index contributed by atoms with van der Waals surface area (Å²) in [6, 6.07) is 7.54. The molecule has 7 nitrogen and oxygen atoms in total. The van der Waals surface area contributed by atoms with E-state index < -0.39 is 5.91 Å². The van der Waals surface area contributed by atoms with E-state index in [0.29, 0.717) is 18.2 Å². The van der Waals surface area contributed by atoms with Crippen molar-refractivity contribution in [3.8, 4) is 0 Å². The van der Waals surface area contributed by atoms with Crippen molar-refractivity contribution in [3.05, 3.63) is 47.5 Å². The molecule has 25 heavy (non-hydrogen) atoms. The Morgan fingerprint density at radius 1 is 1.16 bits per heavy atom. The number of hydrogen-bond donors (Lipinski definition) is 4. The molecule has 1 aliphatic rings. The van der Waals surface area contributed by atoms with Gasteiger partial charge in [0, 0.05) is 25.2 Å². The summed E-state index contributed by atoms with van der Waals surface area (Å²) in [7, 11) is 1.74. The Hall–Kier alpha value is -2.10. The molecule has 136 valence electrons. The Balaban J connectivity index is 0.00000312. The lowest BCUT2D eigenvalue weighted by Gasteiger charge is -2.17. The molecule has 1 aromatic carbocycles. The quantitative estimate of drug-likeness (QED) is 0.220. The van der Waals surface area contributed by atoms with Gasteiger partial charge in [-0.05, 0) is 30.5 Å². The minimum absolute atomic E-state index is 0. The highest BCUT2D eigenvalue weighted by molar-refractivity contribution is 14.0. The molecule has 0 saturated heterocycles. The first-order chi connectivity index (χ1) is 11.6. The fourth-order valence-electron chi connectivity index (χ4n) is 2.35. The fourth-order valence-corrected chi connectivity index (χ4v) is 2.35. The van der Waals surface area contributed by atoms with Crippen LogP contribution in [0.1, 0.15) is 28.8 Å². The fraction of sp³-hybridized carbons (Fsp3) is 0.353. The third kappa shape index (κ3) is 7.12. The molecule has 2 amide bonds. The molecule has 0 radical (unpaired) electrons. The van der Waals surface area contributed by atoms with Gasteiger partial charge < -0.3 is 21.7 Å². The molecule has 0 atom stereocenters. The van der Waals surface area contributed by atoms with Crippen molar-refractivity contribution in [3.63, 3.8) is 0 Å². The van der Waals surface area contributed by atoms with Crippen molar-refractivity contribution in [2.45, 2.75) is 25.4 Å². The van der Waals surface area contributed by atoms with E-state index in [1.165, 1.54) is 0 Å². The van der Waals surface area contributed by atoms with Crippen molar-refractivity contribution in [1.82, 2.24) is 16.0 Å². The number of rotatable bonds is 6. The predicted octanol–water partition coefficient (Wildman–Crippen LogP) is 0.903. The zero-order valence-electron chi connectivity index (χ0n) is 14.1. The Labute approximate surface area is 164 Å².